The van der Waals surface area contributed by atoms with E-state index in [2.05, 4.69) is 15.0 Å². The minimum absolute atomic E-state index is 0.0770. The second kappa shape index (κ2) is 15.9. The fourth-order valence-electron chi connectivity index (χ4n) is 4.87. The minimum Gasteiger partial charge on any atom is -0.491 e. The number of aryl methyl sites for hydroxylation is 1. The summed E-state index contributed by atoms with van der Waals surface area (Å²) in [5, 5.41) is 17.7. The van der Waals surface area contributed by atoms with Gasteiger partial charge >= 0.3 is 12.2 Å². The molecule has 2 N–H and O–H groups in total. The van der Waals surface area contributed by atoms with E-state index in [-0.39, 0.29) is 18.1 Å². The lowest BCUT2D eigenvalue weighted by Gasteiger charge is -2.28. The van der Waals surface area contributed by atoms with Crippen LogP contribution in [0.4, 0.5) is 15.4 Å². The van der Waals surface area contributed by atoms with E-state index in [0.717, 1.165) is 40.1 Å². The van der Waals surface area contributed by atoms with Crippen molar-refractivity contribution in [3.63, 3.8) is 0 Å². The summed E-state index contributed by atoms with van der Waals surface area (Å²) in [6.45, 7) is 19.3. The molecule has 49 heavy (non-hydrogen) atoms. The molecule has 1 fully saturated rings. The highest BCUT2D eigenvalue weighted by Gasteiger charge is 2.36. The van der Waals surface area contributed by atoms with Gasteiger partial charge in [-0.1, -0.05) is 19.9 Å². The Morgan fingerprint density at radius 2 is 1.53 bits per heavy atom. The van der Waals surface area contributed by atoms with Crippen molar-refractivity contribution < 1.29 is 38.7 Å². The quantitative estimate of drug-likeness (QED) is 0.201. The first-order valence-electron chi connectivity index (χ1n) is 16.5. The summed E-state index contributed by atoms with van der Waals surface area (Å²) >= 11 is 0. The van der Waals surface area contributed by atoms with Gasteiger partial charge in [-0.05, 0) is 99.4 Å². The predicted molar refractivity (Wildman–Crippen MR) is 187 cm³/mol. The molecular weight excluding hydrogens is 630 g/mol. The summed E-state index contributed by atoms with van der Waals surface area (Å²) in [5.74, 6) is -0.689. The molecule has 0 aliphatic carbocycles. The van der Waals surface area contributed by atoms with Crippen molar-refractivity contribution in [3.8, 4) is 5.75 Å². The van der Waals surface area contributed by atoms with E-state index in [1.165, 1.54) is 20.2 Å². The fraction of sp³-hybridized carbons (Fsp3) is 0.528. The molecule has 0 saturated carbocycles. The normalized spacial score (nSPS) is 16.3. The lowest BCUT2D eigenvalue weighted by molar-refractivity contribution is -0.127. The number of imide groups is 1. The highest BCUT2D eigenvalue weighted by Crippen LogP contribution is 2.36. The average molecular weight is 682 g/mol. The first kappa shape index (κ1) is 39.1. The van der Waals surface area contributed by atoms with Crippen molar-refractivity contribution in [3.05, 3.63) is 54.6 Å². The van der Waals surface area contributed by atoms with Crippen molar-refractivity contribution >= 4 is 39.9 Å². The van der Waals surface area contributed by atoms with Crippen LogP contribution in [-0.4, -0.2) is 71.6 Å². The number of aromatic nitrogens is 4. The van der Waals surface area contributed by atoms with Gasteiger partial charge in [-0.2, -0.15) is 4.90 Å². The van der Waals surface area contributed by atoms with Crippen LogP contribution < -0.4 is 9.64 Å². The molecule has 2 atom stereocenters. The molecule has 4 heterocycles. The van der Waals surface area contributed by atoms with Gasteiger partial charge in [0.15, 0.2) is 11.6 Å². The van der Waals surface area contributed by atoms with Crippen LogP contribution in [0.25, 0.3) is 21.9 Å². The van der Waals surface area contributed by atoms with Crippen molar-refractivity contribution in [2.24, 2.45) is 0 Å². The fourth-order valence-corrected chi connectivity index (χ4v) is 4.87. The van der Waals surface area contributed by atoms with Gasteiger partial charge < -0.3 is 33.7 Å². The number of carbonyl (C=O) groups is 2. The summed E-state index contributed by atoms with van der Waals surface area (Å²) in [6.07, 6.45) is 2.38. The Labute approximate surface area is 288 Å². The lowest BCUT2D eigenvalue weighted by atomic mass is 10.2. The zero-order valence-electron chi connectivity index (χ0n) is 30.5. The van der Waals surface area contributed by atoms with Crippen LogP contribution in [0.2, 0.25) is 0 Å². The number of benzene rings is 1. The van der Waals surface area contributed by atoms with Crippen molar-refractivity contribution in [2.75, 3.05) is 11.5 Å². The maximum Gasteiger partial charge on any atom is 0.425 e. The van der Waals surface area contributed by atoms with E-state index in [4.69, 9.17) is 29.2 Å². The molecule has 3 aromatic heterocycles. The van der Waals surface area contributed by atoms with E-state index in [1.807, 2.05) is 61.7 Å². The topological polar surface area (TPSA) is 158 Å². The molecule has 1 aliphatic heterocycles. The largest absolute Gasteiger partial charge is 0.491 e. The summed E-state index contributed by atoms with van der Waals surface area (Å²) in [4.78, 5) is 40.6. The van der Waals surface area contributed by atoms with Gasteiger partial charge in [-0.3, -0.25) is 4.98 Å². The number of aliphatic hydroxyl groups is 2. The zero-order chi connectivity index (χ0) is 36.7. The van der Waals surface area contributed by atoms with Gasteiger partial charge in [-0.15, -0.1) is 0 Å². The number of fused-ring (bicyclic) bond motifs is 2. The highest BCUT2D eigenvalue weighted by molar-refractivity contribution is 6.13. The molecule has 1 aromatic carbocycles. The Morgan fingerprint density at radius 1 is 0.918 bits per heavy atom. The van der Waals surface area contributed by atoms with Crippen molar-refractivity contribution in [1.29, 1.82) is 0 Å². The highest BCUT2D eigenvalue weighted by atomic mass is 16.6. The van der Waals surface area contributed by atoms with Gasteiger partial charge in [0.05, 0.1) is 17.0 Å². The number of anilines is 1. The van der Waals surface area contributed by atoms with Crippen LogP contribution in [0.1, 0.15) is 94.0 Å². The minimum atomic E-state index is -1.50. The van der Waals surface area contributed by atoms with E-state index in [1.54, 1.807) is 47.7 Å². The summed E-state index contributed by atoms with van der Waals surface area (Å²) < 4.78 is 25.5. The molecule has 2 amide bonds. The van der Waals surface area contributed by atoms with Gasteiger partial charge in [0.25, 0.3) is 0 Å². The first-order valence-corrected chi connectivity index (χ1v) is 16.5. The van der Waals surface area contributed by atoms with Crippen LogP contribution in [0, 0.1) is 6.92 Å². The molecular formula is C36H51N5O8. The molecule has 1 aliphatic rings. The first-order chi connectivity index (χ1) is 22.8. The van der Waals surface area contributed by atoms with E-state index < -0.39 is 29.2 Å². The Hall–Kier alpha value is -4.33. The van der Waals surface area contributed by atoms with Gasteiger partial charge in [0.2, 0.25) is 0 Å². The third-order valence-corrected chi connectivity index (χ3v) is 6.55. The number of hydrogen-bond donors (Lipinski definition) is 2. The number of ether oxygens (including phenoxy) is 4. The van der Waals surface area contributed by atoms with E-state index in [9.17, 15) is 9.59 Å². The second-order valence-corrected chi connectivity index (χ2v) is 13.8. The maximum atomic E-state index is 13.3. The van der Waals surface area contributed by atoms with Crippen molar-refractivity contribution in [1.82, 2.24) is 19.5 Å². The number of pyridine rings is 1. The summed E-state index contributed by atoms with van der Waals surface area (Å²) in [6, 6.07) is 11.6. The molecule has 0 bridgehead atoms. The lowest BCUT2D eigenvalue weighted by Crippen LogP contribution is -2.44. The standard InChI is InChI=1S/C31H37N5O6.C3H8O2.C2H6/c1-19-15-23-26(33-18-34-27(23)36(28(37)41-30(2,3)4)29(38)42-31(5,6)7)35(19)25-13-12-22(40-25)17-39-21-11-10-20-9-8-14-32-24(20)16-21;1-3(2,4)5;1-2/h8-11,14-16,18,22,25H,12-13,17H2,1-7H3;4-5H,1-2H3;1-2H3. The Kier molecular flexibility index (Phi) is 12.7. The number of amides is 2. The molecule has 0 radical (unpaired) electrons. The van der Waals surface area contributed by atoms with Crippen molar-refractivity contribution in [2.45, 2.75) is 118 Å². The molecule has 13 heteroatoms. The van der Waals surface area contributed by atoms with Crippen LogP contribution >= 0.6 is 0 Å². The monoisotopic (exact) mass is 681 g/mol. The Morgan fingerprint density at radius 3 is 2.12 bits per heavy atom. The predicted octanol–water partition coefficient (Wildman–Crippen LogP) is 7.45. The molecule has 268 valence electrons. The number of nitrogens with zero attached hydrogens (tertiary/aromatic N) is 5. The summed E-state index contributed by atoms with van der Waals surface area (Å²) in [7, 11) is 0. The Balaban J connectivity index is 0.000000852. The zero-order valence-corrected chi connectivity index (χ0v) is 30.5. The molecule has 5 rings (SSSR count). The third kappa shape index (κ3) is 11.4. The average Bonchev–Trinajstić information content (AvgIpc) is 3.58. The molecule has 4 aromatic rings. The van der Waals surface area contributed by atoms with Crippen LogP contribution in [0.5, 0.6) is 5.75 Å². The molecule has 1 saturated heterocycles. The van der Waals surface area contributed by atoms with Gasteiger partial charge in [0, 0.05) is 23.3 Å². The third-order valence-electron chi connectivity index (χ3n) is 6.55. The number of hydrogen-bond acceptors (Lipinski definition) is 11. The molecule has 0 spiro atoms. The van der Waals surface area contributed by atoms with Crippen LogP contribution in [0.15, 0.2) is 48.9 Å². The smallest absolute Gasteiger partial charge is 0.425 e. The second-order valence-electron chi connectivity index (χ2n) is 13.8. The molecule has 13 nitrogen and oxygen atoms in total. The van der Waals surface area contributed by atoms with Gasteiger partial charge in [0.1, 0.15) is 41.8 Å². The molecule has 2 unspecified atom stereocenters. The number of rotatable bonds is 5. The SMILES string of the molecule is CC.CC(C)(O)O.Cc1cc2c(N(C(=O)OC(C)(C)C)C(=O)OC(C)(C)C)ncnc2n1C1CCC(COc2ccc3cccnc3c2)O1. The summed E-state index contributed by atoms with van der Waals surface area (Å²) in [5.41, 5.74) is 0.554. The Bertz CT molecular complexity index is 1680. The van der Waals surface area contributed by atoms with Gasteiger partial charge in [-0.25, -0.2) is 19.6 Å². The number of carbonyl (C=O) groups excluding carboxylic acids is 2. The maximum absolute atomic E-state index is 13.3. The van der Waals surface area contributed by atoms with E-state index >= 15 is 0 Å². The van der Waals surface area contributed by atoms with E-state index in [0.29, 0.717) is 17.6 Å². The van der Waals surface area contributed by atoms with Crippen LogP contribution in [-0.2, 0) is 14.2 Å². The van der Waals surface area contributed by atoms with Crippen LogP contribution in [0.3, 0.4) is 0 Å².